The minimum absolute atomic E-state index is 0.218. The van der Waals surface area contributed by atoms with E-state index in [1.54, 1.807) is 7.05 Å². The van der Waals surface area contributed by atoms with Crippen molar-refractivity contribution >= 4 is 10.0 Å². The zero-order valence-corrected chi connectivity index (χ0v) is 9.43. The van der Waals surface area contributed by atoms with E-state index in [-0.39, 0.29) is 5.75 Å². The summed E-state index contributed by atoms with van der Waals surface area (Å²) in [6.45, 7) is 5.28. The molecule has 0 N–H and O–H groups in total. The van der Waals surface area contributed by atoms with Crippen LogP contribution in [0.1, 0.15) is 20.3 Å². The first kappa shape index (κ1) is 12.9. The van der Waals surface area contributed by atoms with E-state index in [9.17, 15) is 8.42 Å². The Kier molecular flexibility index (Phi) is 6.28. The smallest absolute Gasteiger partial charge is 0.213 e. The lowest BCUT2D eigenvalue weighted by molar-refractivity contribution is 0.138. The molecule has 0 aromatic rings. The fourth-order valence-corrected chi connectivity index (χ4v) is 2.07. The van der Waals surface area contributed by atoms with Gasteiger partial charge in [-0.1, -0.05) is 6.92 Å². The predicted molar refractivity (Wildman–Crippen MR) is 53.2 cm³/mol. The van der Waals surface area contributed by atoms with Crippen molar-refractivity contribution in [2.24, 2.45) is 0 Å². The van der Waals surface area contributed by atoms with E-state index < -0.39 is 10.0 Å². The van der Waals surface area contributed by atoms with E-state index in [0.717, 1.165) is 0 Å². The van der Waals surface area contributed by atoms with Crippen molar-refractivity contribution in [3.05, 3.63) is 0 Å². The van der Waals surface area contributed by atoms with Crippen LogP contribution in [0.25, 0.3) is 0 Å². The Balaban J connectivity index is 3.87. The molecule has 0 aromatic carbocycles. The van der Waals surface area contributed by atoms with Crippen LogP contribution in [0.15, 0.2) is 0 Å². The predicted octanol–water partition coefficient (Wildman–Crippen LogP) is 0.694. The summed E-state index contributed by atoms with van der Waals surface area (Å²) in [7, 11) is -1.45. The minimum atomic E-state index is -3.04. The lowest BCUT2D eigenvalue weighted by atomic mass is 10.6. The van der Waals surface area contributed by atoms with Crippen molar-refractivity contribution in [2.45, 2.75) is 20.3 Å². The summed E-state index contributed by atoms with van der Waals surface area (Å²) < 4.78 is 29.2. The molecule has 0 aliphatic heterocycles. The summed E-state index contributed by atoms with van der Waals surface area (Å²) in [6, 6.07) is 0. The van der Waals surface area contributed by atoms with Crippen LogP contribution in [-0.2, 0) is 14.8 Å². The molecule has 0 aliphatic rings. The molecule has 0 saturated heterocycles. The third-order valence-corrected chi connectivity index (χ3v) is 3.75. The molecule has 0 fully saturated rings. The average molecular weight is 209 g/mol. The van der Waals surface area contributed by atoms with Gasteiger partial charge in [-0.2, -0.15) is 0 Å². The first-order chi connectivity index (χ1) is 6.04. The van der Waals surface area contributed by atoms with Gasteiger partial charge in [0, 0.05) is 20.2 Å². The Morgan fingerprint density at radius 2 is 1.92 bits per heavy atom. The van der Waals surface area contributed by atoms with E-state index in [0.29, 0.717) is 26.2 Å². The maximum atomic E-state index is 11.4. The van der Waals surface area contributed by atoms with Crippen LogP contribution in [0, 0.1) is 0 Å². The van der Waals surface area contributed by atoms with Crippen LogP contribution in [0.4, 0.5) is 0 Å². The molecular weight excluding hydrogens is 190 g/mol. The van der Waals surface area contributed by atoms with Gasteiger partial charge in [-0.15, -0.1) is 0 Å². The Bertz CT molecular complexity index is 213. The Labute approximate surface area is 80.9 Å². The third-order valence-electron chi connectivity index (χ3n) is 1.69. The van der Waals surface area contributed by atoms with Crippen molar-refractivity contribution in [2.75, 3.05) is 32.6 Å². The van der Waals surface area contributed by atoms with E-state index in [1.165, 1.54) is 4.31 Å². The molecule has 0 saturated carbocycles. The van der Waals surface area contributed by atoms with Crippen LogP contribution in [-0.4, -0.2) is 45.3 Å². The van der Waals surface area contributed by atoms with Gasteiger partial charge in [0.05, 0.1) is 12.4 Å². The van der Waals surface area contributed by atoms with Crippen molar-refractivity contribution in [1.82, 2.24) is 4.31 Å². The number of rotatable bonds is 7. The van der Waals surface area contributed by atoms with Crippen LogP contribution in [0.3, 0.4) is 0 Å². The molecule has 13 heavy (non-hydrogen) atoms. The standard InChI is InChI=1S/C8H19NO3S/c1-4-8-13(10,11)9(3)6-7-12-5-2/h4-8H2,1-3H3. The van der Waals surface area contributed by atoms with Gasteiger partial charge in [-0.05, 0) is 13.3 Å². The van der Waals surface area contributed by atoms with Gasteiger partial charge in [0.15, 0.2) is 0 Å². The summed E-state index contributed by atoms with van der Waals surface area (Å²) >= 11 is 0. The lowest BCUT2D eigenvalue weighted by Gasteiger charge is -2.16. The van der Waals surface area contributed by atoms with Gasteiger partial charge in [-0.3, -0.25) is 0 Å². The first-order valence-electron chi connectivity index (χ1n) is 4.56. The van der Waals surface area contributed by atoms with Gasteiger partial charge in [0.2, 0.25) is 10.0 Å². The average Bonchev–Trinajstić information content (AvgIpc) is 2.04. The van der Waals surface area contributed by atoms with Crippen molar-refractivity contribution in [3.8, 4) is 0 Å². The van der Waals surface area contributed by atoms with Crippen molar-refractivity contribution in [3.63, 3.8) is 0 Å². The zero-order chi connectivity index (χ0) is 10.3. The molecule has 0 atom stereocenters. The highest BCUT2D eigenvalue weighted by Gasteiger charge is 2.15. The largest absolute Gasteiger partial charge is 0.380 e. The van der Waals surface area contributed by atoms with Gasteiger partial charge in [0.25, 0.3) is 0 Å². The molecule has 80 valence electrons. The van der Waals surface area contributed by atoms with Gasteiger partial charge in [-0.25, -0.2) is 12.7 Å². The summed E-state index contributed by atoms with van der Waals surface area (Å²) in [5.41, 5.74) is 0. The van der Waals surface area contributed by atoms with E-state index in [4.69, 9.17) is 4.74 Å². The molecule has 0 aliphatic carbocycles. The Morgan fingerprint density at radius 3 is 2.38 bits per heavy atom. The molecule has 0 radical (unpaired) electrons. The number of sulfonamides is 1. The molecule has 0 aromatic heterocycles. The fourth-order valence-electron chi connectivity index (χ4n) is 0.890. The highest BCUT2D eigenvalue weighted by atomic mass is 32.2. The van der Waals surface area contributed by atoms with Crippen LogP contribution in [0.2, 0.25) is 0 Å². The first-order valence-corrected chi connectivity index (χ1v) is 6.17. The van der Waals surface area contributed by atoms with Crippen LogP contribution >= 0.6 is 0 Å². The Hall–Kier alpha value is -0.130. The summed E-state index contributed by atoms with van der Waals surface area (Å²) in [4.78, 5) is 0. The second kappa shape index (κ2) is 6.34. The molecule has 0 bridgehead atoms. The summed E-state index contributed by atoms with van der Waals surface area (Å²) in [6.07, 6.45) is 0.654. The number of hydrogen-bond acceptors (Lipinski definition) is 3. The highest BCUT2D eigenvalue weighted by molar-refractivity contribution is 7.89. The van der Waals surface area contributed by atoms with Gasteiger partial charge >= 0.3 is 0 Å². The number of nitrogens with zero attached hydrogens (tertiary/aromatic N) is 1. The zero-order valence-electron chi connectivity index (χ0n) is 8.62. The maximum Gasteiger partial charge on any atom is 0.213 e. The summed E-state index contributed by atoms with van der Waals surface area (Å²) in [5, 5.41) is 0. The van der Waals surface area contributed by atoms with Crippen LogP contribution in [0.5, 0.6) is 0 Å². The fraction of sp³-hybridized carbons (Fsp3) is 1.00. The quantitative estimate of drug-likeness (QED) is 0.580. The van der Waals surface area contributed by atoms with Crippen LogP contribution < -0.4 is 0 Å². The van der Waals surface area contributed by atoms with E-state index in [1.807, 2.05) is 13.8 Å². The molecule has 0 rings (SSSR count). The third kappa shape index (κ3) is 5.23. The monoisotopic (exact) mass is 209 g/mol. The number of hydrogen-bond donors (Lipinski definition) is 0. The normalized spacial score (nSPS) is 12.3. The topological polar surface area (TPSA) is 46.6 Å². The lowest BCUT2D eigenvalue weighted by Crippen LogP contribution is -2.32. The Morgan fingerprint density at radius 1 is 1.31 bits per heavy atom. The minimum Gasteiger partial charge on any atom is -0.380 e. The molecule has 4 nitrogen and oxygen atoms in total. The maximum absolute atomic E-state index is 11.4. The number of ether oxygens (including phenoxy) is 1. The van der Waals surface area contributed by atoms with Gasteiger partial charge < -0.3 is 4.74 Å². The molecular formula is C8H19NO3S. The molecule has 5 heteroatoms. The molecule has 0 heterocycles. The summed E-state index contributed by atoms with van der Waals surface area (Å²) in [5.74, 6) is 0.218. The molecule has 0 amide bonds. The van der Waals surface area contributed by atoms with Crippen molar-refractivity contribution < 1.29 is 13.2 Å². The second-order valence-corrected chi connectivity index (χ2v) is 5.03. The van der Waals surface area contributed by atoms with E-state index in [2.05, 4.69) is 0 Å². The SMILES string of the molecule is CCCS(=O)(=O)N(C)CCOCC. The molecule has 0 unspecified atom stereocenters. The number of likely N-dealkylation sites (N-methyl/N-ethyl adjacent to an activating group) is 1. The van der Waals surface area contributed by atoms with Crippen molar-refractivity contribution in [1.29, 1.82) is 0 Å². The highest BCUT2D eigenvalue weighted by Crippen LogP contribution is 1.99. The second-order valence-electron chi connectivity index (χ2n) is 2.83. The molecule has 0 spiro atoms. The van der Waals surface area contributed by atoms with Gasteiger partial charge in [0.1, 0.15) is 0 Å². The van der Waals surface area contributed by atoms with E-state index >= 15 is 0 Å².